The van der Waals surface area contributed by atoms with Gasteiger partial charge in [0.05, 0.1) is 45.0 Å². The van der Waals surface area contributed by atoms with Crippen molar-refractivity contribution < 1.29 is 32.9 Å². The van der Waals surface area contributed by atoms with Gasteiger partial charge in [0.25, 0.3) is 0 Å². The Morgan fingerprint density at radius 2 is 1.44 bits per heavy atom. The molecule has 0 spiro atoms. The van der Waals surface area contributed by atoms with Crippen LogP contribution in [0.2, 0.25) is 0 Å². The van der Waals surface area contributed by atoms with E-state index in [0.29, 0.717) is 39.5 Å². The van der Waals surface area contributed by atoms with Crippen molar-refractivity contribution in [3.63, 3.8) is 0 Å². The van der Waals surface area contributed by atoms with Gasteiger partial charge in [-0.2, -0.15) is 0 Å². The lowest BCUT2D eigenvalue weighted by molar-refractivity contribution is 0.0734. The molecule has 3 aromatic carbocycles. The van der Waals surface area contributed by atoms with E-state index >= 15 is 0 Å². The predicted octanol–water partition coefficient (Wildman–Crippen LogP) is 4.71. The van der Waals surface area contributed by atoms with E-state index in [4.69, 9.17) is 28.1 Å². The van der Waals surface area contributed by atoms with Crippen LogP contribution >= 0.6 is 0 Å². The number of esters is 1. The average Bonchev–Trinajstić information content (AvgIpc) is 2.88. The molecule has 1 heterocycles. The monoisotopic (exact) mass is 462 g/mol. The van der Waals surface area contributed by atoms with E-state index in [9.17, 15) is 9.59 Å². The van der Waals surface area contributed by atoms with Crippen LogP contribution in [-0.2, 0) is 0 Å². The molecule has 0 N–H and O–H groups in total. The number of hydrogen-bond acceptors (Lipinski definition) is 8. The zero-order valence-corrected chi connectivity index (χ0v) is 19.0. The number of methoxy groups -OCH3 is 4. The van der Waals surface area contributed by atoms with E-state index in [1.807, 2.05) is 0 Å². The van der Waals surface area contributed by atoms with Gasteiger partial charge in [-0.15, -0.1) is 0 Å². The summed E-state index contributed by atoms with van der Waals surface area (Å²) in [5.74, 6) is 1.58. The molecule has 0 saturated carbocycles. The molecule has 0 atom stereocenters. The second-order valence-corrected chi connectivity index (χ2v) is 7.20. The topological polar surface area (TPSA) is 93.4 Å². The Hall–Kier alpha value is -4.46. The summed E-state index contributed by atoms with van der Waals surface area (Å²) in [6.07, 6.45) is 1.37. The minimum atomic E-state index is -0.610. The Balaban J connectivity index is 1.65. The quantitative estimate of drug-likeness (QED) is 0.288. The molecule has 0 unspecified atom stereocenters. The molecule has 8 heteroatoms. The van der Waals surface area contributed by atoms with Crippen molar-refractivity contribution in [2.75, 3.05) is 28.4 Å². The van der Waals surface area contributed by atoms with E-state index < -0.39 is 5.97 Å². The average molecular weight is 462 g/mol. The Morgan fingerprint density at radius 1 is 0.735 bits per heavy atom. The van der Waals surface area contributed by atoms with Gasteiger partial charge in [0.2, 0.25) is 0 Å². The highest BCUT2D eigenvalue weighted by atomic mass is 16.5. The lowest BCUT2D eigenvalue weighted by atomic mass is 10.0. The molecule has 8 nitrogen and oxygen atoms in total. The molecule has 0 radical (unpaired) electrons. The summed E-state index contributed by atoms with van der Waals surface area (Å²) in [6, 6.07) is 14.5. The summed E-state index contributed by atoms with van der Waals surface area (Å²) in [5, 5.41) is 0.343. The van der Waals surface area contributed by atoms with Crippen molar-refractivity contribution >= 4 is 16.9 Å². The lowest BCUT2D eigenvalue weighted by Crippen LogP contribution is -2.10. The number of benzene rings is 3. The lowest BCUT2D eigenvalue weighted by Gasteiger charge is -2.10. The molecule has 0 aliphatic carbocycles. The number of hydrogen-bond donors (Lipinski definition) is 0. The van der Waals surface area contributed by atoms with Crippen molar-refractivity contribution in [2.24, 2.45) is 0 Å². The summed E-state index contributed by atoms with van der Waals surface area (Å²) in [7, 11) is 6.04. The molecule has 34 heavy (non-hydrogen) atoms. The predicted molar refractivity (Wildman–Crippen MR) is 126 cm³/mol. The molecule has 1 aromatic heterocycles. The Kier molecular flexibility index (Phi) is 6.40. The van der Waals surface area contributed by atoms with E-state index in [1.165, 1.54) is 46.8 Å². The molecule has 0 fully saturated rings. The van der Waals surface area contributed by atoms with Crippen LogP contribution in [0.3, 0.4) is 0 Å². The Bertz CT molecular complexity index is 1400. The molecule has 4 rings (SSSR count). The molecular formula is C26H22O8. The van der Waals surface area contributed by atoms with Gasteiger partial charge >= 0.3 is 5.97 Å². The van der Waals surface area contributed by atoms with Crippen LogP contribution in [0.4, 0.5) is 0 Å². The standard InChI is InChI=1S/C26H22O8/c1-29-18-9-16(10-19(12-18)30-2)26(28)34-17-6-7-20-23(13-17)33-14-21(25(20)27)15-5-8-22(31-3)24(11-15)32-4/h5-14H,1-4H3. The van der Waals surface area contributed by atoms with Crippen molar-refractivity contribution in [1.82, 2.24) is 0 Å². The second kappa shape index (κ2) is 9.58. The third-order valence-electron chi connectivity index (χ3n) is 5.24. The first-order valence-corrected chi connectivity index (χ1v) is 10.2. The van der Waals surface area contributed by atoms with Gasteiger partial charge in [-0.25, -0.2) is 4.79 Å². The van der Waals surface area contributed by atoms with Gasteiger partial charge in [0, 0.05) is 12.1 Å². The van der Waals surface area contributed by atoms with Crippen molar-refractivity contribution in [3.8, 4) is 39.9 Å². The smallest absolute Gasteiger partial charge is 0.343 e. The number of ether oxygens (including phenoxy) is 5. The maximum absolute atomic E-state index is 13.1. The summed E-state index contributed by atoms with van der Waals surface area (Å²) >= 11 is 0. The fourth-order valence-electron chi connectivity index (χ4n) is 3.47. The van der Waals surface area contributed by atoms with Crippen LogP contribution < -0.4 is 29.1 Å². The fourth-order valence-corrected chi connectivity index (χ4v) is 3.47. The largest absolute Gasteiger partial charge is 0.497 e. The number of carbonyl (C=O) groups excluding carboxylic acids is 1. The zero-order valence-electron chi connectivity index (χ0n) is 19.0. The van der Waals surface area contributed by atoms with E-state index in [0.717, 1.165) is 0 Å². The van der Waals surface area contributed by atoms with Crippen molar-refractivity contribution in [2.45, 2.75) is 0 Å². The maximum Gasteiger partial charge on any atom is 0.343 e. The van der Waals surface area contributed by atoms with Crippen molar-refractivity contribution in [3.05, 3.63) is 76.6 Å². The van der Waals surface area contributed by atoms with Crippen LogP contribution in [0, 0.1) is 0 Å². The van der Waals surface area contributed by atoms with Gasteiger partial charge in [-0.3, -0.25) is 4.79 Å². The van der Waals surface area contributed by atoms with Gasteiger partial charge in [-0.05, 0) is 42.0 Å². The minimum absolute atomic E-state index is 0.223. The first-order chi connectivity index (χ1) is 16.5. The highest BCUT2D eigenvalue weighted by molar-refractivity contribution is 5.92. The van der Waals surface area contributed by atoms with Crippen LogP contribution in [0.5, 0.6) is 28.7 Å². The summed E-state index contributed by atoms with van der Waals surface area (Å²) in [6.45, 7) is 0. The molecule has 0 amide bonds. The minimum Gasteiger partial charge on any atom is -0.497 e. The number of rotatable bonds is 7. The van der Waals surface area contributed by atoms with Crippen LogP contribution in [-0.4, -0.2) is 34.4 Å². The molecule has 0 saturated heterocycles. The Labute approximate surface area is 195 Å². The van der Waals surface area contributed by atoms with Crippen LogP contribution in [0.15, 0.2) is 70.1 Å². The van der Waals surface area contributed by atoms with E-state index in [-0.39, 0.29) is 22.3 Å². The third-order valence-corrected chi connectivity index (χ3v) is 5.24. The highest BCUT2D eigenvalue weighted by Gasteiger charge is 2.16. The summed E-state index contributed by atoms with van der Waals surface area (Å²) in [5.41, 5.74) is 1.28. The molecular weight excluding hydrogens is 440 g/mol. The molecule has 4 aromatic rings. The third kappa shape index (κ3) is 4.38. The molecule has 0 aliphatic rings. The SMILES string of the molecule is COc1cc(OC)cc(C(=O)Oc2ccc3c(=O)c(-c4ccc(OC)c(OC)c4)coc3c2)c1. The maximum atomic E-state index is 13.1. The summed E-state index contributed by atoms with van der Waals surface area (Å²) < 4.78 is 32.1. The highest BCUT2D eigenvalue weighted by Crippen LogP contribution is 2.32. The van der Waals surface area contributed by atoms with Crippen LogP contribution in [0.1, 0.15) is 10.4 Å². The molecule has 0 aliphatic heterocycles. The van der Waals surface area contributed by atoms with E-state index in [2.05, 4.69) is 0 Å². The normalized spacial score (nSPS) is 10.6. The fraction of sp³-hybridized carbons (Fsp3) is 0.154. The zero-order chi connectivity index (χ0) is 24.2. The second-order valence-electron chi connectivity index (χ2n) is 7.20. The first-order valence-electron chi connectivity index (χ1n) is 10.2. The summed E-state index contributed by atoms with van der Waals surface area (Å²) in [4.78, 5) is 25.8. The van der Waals surface area contributed by atoms with Gasteiger partial charge in [-0.1, -0.05) is 6.07 Å². The van der Waals surface area contributed by atoms with E-state index in [1.54, 1.807) is 42.5 Å². The van der Waals surface area contributed by atoms with Gasteiger partial charge in [0.1, 0.15) is 29.1 Å². The van der Waals surface area contributed by atoms with Crippen molar-refractivity contribution in [1.29, 1.82) is 0 Å². The number of carbonyl (C=O) groups is 1. The Morgan fingerprint density at radius 3 is 2.09 bits per heavy atom. The van der Waals surface area contributed by atoms with Crippen LogP contribution in [0.25, 0.3) is 22.1 Å². The molecule has 0 bridgehead atoms. The van der Waals surface area contributed by atoms with Gasteiger partial charge in [0.15, 0.2) is 16.9 Å². The first kappa shape index (κ1) is 22.7. The molecule has 174 valence electrons. The number of fused-ring (bicyclic) bond motifs is 1. The van der Waals surface area contributed by atoms with Gasteiger partial charge < -0.3 is 28.1 Å².